The highest BCUT2D eigenvalue weighted by molar-refractivity contribution is 7.89. The number of amides is 1. The lowest BCUT2D eigenvalue weighted by atomic mass is 10.3. The van der Waals surface area contributed by atoms with Gasteiger partial charge in [-0.25, -0.2) is 18.1 Å². The summed E-state index contributed by atoms with van der Waals surface area (Å²) in [6, 6.07) is 15.0. The van der Waals surface area contributed by atoms with Crippen LogP contribution in [0.1, 0.15) is 12.6 Å². The van der Waals surface area contributed by atoms with Crippen molar-refractivity contribution >= 4 is 39.1 Å². The summed E-state index contributed by atoms with van der Waals surface area (Å²) in [5.41, 5.74) is 1.42. The summed E-state index contributed by atoms with van der Waals surface area (Å²) in [5, 5.41) is 16.8. The molecule has 0 fully saturated rings. The van der Waals surface area contributed by atoms with Crippen molar-refractivity contribution in [3.63, 3.8) is 0 Å². The molecule has 3 rings (SSSR count). The number of sulfonamides is 1. The summed E-state index contributed by atoms with van der Waals surface area (Å²) in [6.07, 6.45) is 0. The Kier molecular flexibility index (Phi) is 7.11. The molecule has 0 saturated carbocycles. The van der Waals surface area contributed by atoms with E-state index in [1.807, 2.05) is 25.1 Å². The number of carbonyl (C=O) groups excluding carboxylic acids is 1. The van der Waals surface area contributed by atoms with Crippen molar-refractivity contribution in [1.29, 1.82) is 0 Å². The van der Waals surface area contributed by atoms with Crippen LogP contribution in [0.15, 0.2) is 59.5 Å². The fraction of sp³-hybridized carbons (Fsp3) is 0.200. The van der Waals surface area contributed by atoms with Crippen LogP contribution in [-0.4, -0.2) is 42.6 Å². The third-order valence-electron chi connectivity index (χ3n) is 4.02. The van der Waals surface area contributed by atoms with Crippen LogP contribution in [0.3, 0.4) is 0 Å². The van der Waals surface area contributed by atoms with Gasteiger partial charge in [0, 0.05) is 31.4 Å². The minimum absolute atomic E-state index is 0.113. The van der Waals surface area contributed by atoms with Crippen molar-refractivity contribution in [3.8, 4) is 0 Å². The van der Waals surface area contributed by atoms with Crippen LogP contribution in [0, 0.1) is 6.92 Å². The number of rotatable bonds is 9. The van der Waals surface area contributed by atoms with Crippen molar-refractivity contribution in [2.45, 2.75) is 18.7 Å². The van der Waals surface area contributed by atoms with Crippen molar-refractivity contribution in [1.82, 2.24) is 19.9 Å². The van der Waals surface area contributed by atoms with Crippen LogP contribution in [0.25, 0.3) is 0 Å². The molecular weight excluding hydrogens is 418 g/mol. The van der Waals surface area contributed by atoms with Gasteiger partial charge in [-0.2, -0.15) is 0 Å². The van der Waals surface area contributed by atoms with Crippen LogP contribution < -0.4 is 20.7 Å². The zero-order valence-electron chi connectivity index (χ0n) is 17.1. The van der Waals surface area contributed by atoms with E-state index >= 15 is 0 Å². The lowest BCUT2D eigenvalue weighted by Gasteiger charge is -2.09. The maximum absolute atomic E-state index is 12.4. The summed E-state index contributed by atoms with van der Waals surface area (Å²) < 4.78 is 27.2. The van der Waals surface area contributed by atoms with Gasteiger partial charge in [0.2, 0.25) is 15.9 Å². The predicted molar refractivity (Wildman–Crippen MR) is 119 cm³/mol. The lowest BCUT2D eigenvalue weighted by Crippen LogP contribution is -2.29. The van der Waals surface area contributed by atoms with Crippen molar-refractivity contribution < 1.29 is 13.2 Å². The number of anilines is 4. The summed E-state index contributed by atoms with van der Waals surface area (Å²) in [4.78, 5) is 15.5. The molecule has 3 aromatic rings. The highest BCUT2D eigenvalue weighted by Crippen LogP contribution is 2.14. The van der Waals surface area contributed by atoms with E-state index in [-0.39, 0.29) is 17.3 Å². The van der Waals surface area contributed by atoms with Gasteiger partial charge < -0.3 is 16.0 Å². The zero-order chi connectivity index (χ0) is 22.3. The van der Waals surface area contributed by atoms with Crippen molar-refractivity contribution in [2.75, 3.05) is 29.0 Å². The Labute approximate surface area is 180 Å². The SMILES string of the molecule is CC(=O)Nc1ccc(S(=O)(=O)NCCNc2ccc(Nc3cccc(C)n3)nn2)cc1. The molecule has 11 heteroatoms. The average molecular weight is 442 g/mol. The van der Waals surface area contributed by atoms with Gasteiger partial charge in [0.05, 0.1) is 4.90 Å². The van der Waals surface area contributed by atoms with E-state index in [2.05, 4.69) is 35.9 Å². The van der Waals surface area contributed by atoms with Gasteiger partial charge in [0.1, 0.15) is 11.6 Å². The smallest absolute Gasteiger partial charge is 0.240 e. The number of nitrogens with zero attached hydrogens (tertiary/aromatic N) is 3. The molecule has 0 aliphatic heterocycles. The second kappa shape index (κ2) is 9.96. The first-order chi connectivity index (χ1) is 14.8. The topological polar surface area (TPSA) is 138 Å². The van der Waals surface area contributed by atoms with E-state index < -0.39 is 10.0 Å². The molecule has 0 radical (unpaired) electrons. The normalized spacial score (nSPS) is 11.0. The van der Waals surface area contributed by atoms with E-state index in [9.17, 15) is 13.2 Å². The lowest BCUT2D eigenvalue weighted by molar-refractivity contribution is -0.114. The molecule has 0 atom stereocenters. The minimum Gasteiger partial charge on any atom is -0.367 e. The molecule has 2 aromatic heterocycles. The van der Waals surface area contributed by atoms with Crippen LogP contribution in [-0.2, 0) is 14.8 Å². The Hall–Kier alpha value is -3.57. The van der Waals surface area contributed by atoms with Gasteiger partial charge in [0.15, 0.2) is 5.82 Å². The second-order valence-electron chi connectivity index (χ2n) is 6.62. The van der Waals surface area contributed by atoms with E-state index in [0.717, 1.165) is 5.69 Å². The molecule has 2 heterocycles. The zero-order valence-corrected chi connectivity index (χ0v) is 17.9. The summed E-state index contributed by atoms with van der Waals surface area (Å²) >= 11 is 0. The van der Waals surface area contributed by atoms with Crippen LogP contribution >= 0.6 is 0 Å². The maximum Gasteiger partial charge on any atom is 0.240 e. The first-order valence-electron chi connectivity index (χ1n) is 9.47. The van der Waals surface area contributed by atoms with Crippen molar-refractivity contribution in [3.05, 3.63) is 60.3 Å². The molecule has 0 spiro atoms. The molecule has 4 N–H and O–H groups in total. The van der Waals surface area contributed by atoms with E-state index in [4.69, 9.17) is 0 Å². The summed E-state index contributed by atoms with van der Waals surface area (Å²) in [6.45, 7) is 3.77. The molecular formula is C20H23N7O3S. The van der Waals surface area contributed by atoms with Gasteiger partial charge >= 0.3 is 0 Å². The molecule has 10 nitrogen and oxygen atoms in total. The quantitative estimate of drug-likeness (QED) is 0.371. The molecule has 1 aromatic carbocycles. The minimum atomic E-state index is -3.66. The van der Waals surface area contributed by atoms with Crippen LogP contribution in [0.5, 0.6) is 0 Å². The number of pyridine rings is 1. The number of hydrogen-bond acceptors (Lipinski definition) is 8. The highest BCUT2D eigenvalue weighted by atomic mass is 32.2. The van der Waals surface area contributed by atoms with Gasteiger partial charge in [0.25, 0.3) is 0 Å². The summed E-state index contributed by atoms with van der Waals surface area (Å²) in [5.74, 6) is 1.52. The fourth-order valence-corrected chi connectivity index (χ4v) is 3.65. The Balaban J connectivity index is 1.47. The summed E-state index contributed by atoms with van der Waals surface area (Å²) in [7, 11) is -3.66. The average Bonchev–Trinajstić information content (AvgIpc) is 2.72. The fourth-order valence-electron chi connectivity index (χ4n) is 2.62. The molecule has 0 aliphatic rings. The molecule has 162 valence electrons. The number of hydrogen-bond donors (Lipinski definition) is 4. The highest BCUT2D eigenvalue weighted by Gasteiger charge is 2.13. The standard InChI is InChI=1S/C20H23N7O3S/c1-14-4-3-5-19(23-14)25-20-11-10-18(26-27-20)21-12-13-22-31(29,30)17-8-6-16(7-9-17)24-15(2)28/h3-11,22H,12-13H2,1-2H3,(H,21,26)(H,24,28)(H,23,25,27). The first kappa shape index (κ1) is 22.1. The monoisotopic (exact) mass is 441 g/mol. The number of aryl methyl sites for hydroxylation is 1. The van der Waals surface area contributed by atoms with Crippen LogP contribution in [0.2, 0.25) is 0 Å². The molecule has 0 aliphatic carbocycles. The van der Waals surface area contributed by atoms with E-state index in [1.165, 1.54) is 31.2 Å². The third kappa shape index (κ3) is 6.73. The predicted octanol–water partition coefficient (Wildman–Crippen LogP) is 2.27. The third-order valence-corrected chi connectivity index (χ3v) is 5.49. The van der Waals surface area contributed by atoms with E-state index in [1.54, 1.807) is 12.1 Å². The molecule has 0 saturated heterocycles. The Morgan fingerprint density at radius 2 is 1.61 bits per heavy atom. The first-order valence-corrected chi connectivity index (χ1v) is 11.0. The van der Waals surface area contributed by atoms with Gasteiger partial charge in [-0.1, -0.05) is 6.07 Å². The number of benzene rings is 1. The number of aromatic nitrogens is 3. The molecule has 0 bridgehead atoms. The second-order valence-corrected chi connectivity index (χ2v) is 8.39. The largest absolute Gasteiger partial charge is 0.367 e. The van der Waals surface area contributed by atoms with Crippen LogP contribution in [0.4, 0.5) is 23.1 Å². The Morgan fingerprint density at radius 1 is 0.903 bits per heavy atom. The maximum atomic E-state index is 12.4. The van der Waals surface area contributed by atoms with Crippen molar-refractivity contribution in [2.24, 2.45) is 0 Å². The van der Waals surface area contributed by atoms with Gasteiger partial charge in [-0.15, -0.1) is 10.2 Å². The number of carbonyl (C=O) groups is 1. The number of nitrogens with one attached hydrogen (secondary N) is 4. The Bertz CT molecular complexity index is 1130. The van der Waals surface area contributed by atoms with Gasteiger partial charge in [-0.3, -0.25) is 4.79 Å². The molecule has 31 heavy (non-hydrogen) atoms. The molecule has 0 unspecified atom stereocenters. The van der Waals surface area contributed by atoms with E-state index in [0.29, 0.717) is 29.7 Å². The van der Waals surface area contributed by atoms with Gasteiger partial charge in [-0.05, 0) is 55.5 Å². The molecule has 1 amide bonds. The Morgan fingerprint density at radius 3 is 2.26 bits per heavy atom.